The van der Waals surface area contributed by atoms with Gasteiger partial charge in [-0.1, -0.05) is 0 Å². The zero-order valence-corrected chi connectivity index (χ0v) is 11.4. The fourth-order valence-corrected chi connectivity index (χ4v) is 2.76. The lowest BCUT2D eigenvalue weighted by atomic mass is 9.97. The Morgan fingerprint density at radius 2 is 1.94 bits per heavy atom. The van der Waals surface area contributed by atoms with Gasteiger partial charge in [0, 0.05) is 37.7 Å². The topological polar surface area (TPSA) is 62.3 Å². The molecule has 1 aromatic heterocycles. The molecule has 0 amide bonds. The molecule has 0 radical (unpaired) electrons. The molecule has 6 heteroatoms. The van der Waals surface area contributed by atoms with Crippen LogP contribution in [0.3, 0.4) is 0 Å². The van der Waals surface area contributed by atoms with Crippen LogP contribution in [0.25, 0.3) is 0 Å². The van der Waals surface area contributed by atoms with Crippen molar-refractivity contribution in [3.05, 3.63) is 24.5 Å². The van der Waals surface area contributed by atoms with Gasteiger partial charge in [0.15, 0.2) is 0 Å². The molecule has 2 rings (SSSR count). The van der Waals surface area contributed by atoms with Crippen LogP contribution in [0.4, 0.5) is 5.69 Å². The Kier molecular flexibility index (Phi) is 4.19. The zero-order valence-electron chi connectivity index (χ0n) is 10.5. The first-order valence-electron chi connectivity index (χ1n) is 6.14. The van der Waals surface area contributed by atoms with E-state index in [0.717, 1.165) is 25.9 Å². The van der Waals surface area contributed by atoms with Crippen LogP contribution >= 0.6 is 0 Å². The molecule has 18 heavy (non-hydrogen) atoms. The molecule has 100 valence electrons. The van der Waals surface area contributed by atoms with Crippen molar-refractivity contribution in [2.24, 2.45) is 5.92 Å². The average Bonchev–Trinajstić information content (AvgIpc) is 2.37. The van der Waals surface area contributed by atoms with Gasteiger partial charge in [-0.15, -0.1) is 0 Å². The van der Waals surface area contributed by atoms with E-state index in [1.807, 2.05) is 12.1 Å². The highest BCUT2D eigenvalue weighted by molar-refractivity contribution is 7.88. The number of rotatable bonds is 4. The summed E-state index contributed by atoms with van der Waals surface area (Å²) in [7, 11) is -3.06. The summed E-state index contributed by atoms with van der Waals surface area (Å²) in [5.74, 6) is 0.442. The molecular weight excluding hydrogens is 250 g/mol. The number of hydrogen-bond donors (Lipinski definition) is 1. The normalized spacial score (nSPS) is 17.9. The van der Waals surface area contributed by atoms with Crippen LogP contribution in [-0.4, -0.2) is 39.3 Å². The second-order valence-electron chi connectivity index (χ2n) is 4.76. The Morgan fingerprint density at radius 3 is 2.50 bits per heavy atom. The van der Waals surface area contributed by atoms with Gasteiger partial charge in [0.25, 0.3) is 0 Å². The minimum Gasteiger partial charge on any atom is -0.371 e. The molecule has 0 atom stereocenters. The van der Waals surface area contributed by atoms with Gasteiger partial charge in [0.2, 0.25) is 10.0 Å². The van der Waals surface area contributed by atoms with E-state index in [4.69, 9.17) is 0 Å². The van der Waals surface area contributed by atoms with Crippen molar-refractivity contribution in [2.45, 2.75) is 12.8 Å². The maximum Gasteiger partial charge on any atom is 0.208 e. The van der Waals surface area contributed by atoms with Crippen molar-refractivity contribution < 1.29 is 8.42 Å². The van der Waals surface area contributed by atoms with Crippen LogP contribution in [-0.2, 0) is 10.0 Å². The summed E-state index contributed by atoms with van der Waals surface area (Å²) >= 11 is 0. The number of nitrogens with one attached hydrogen (secondary N) is 1. The second kappa shape index (κ2) is 5.67. The highest BCUT2D eigenvalue weighted by Gasteiger charge is 2.20. The Balaban J connectivity index is 1.82. The summed E-state index contributed by atoms with van der Waals surface area (Å²) in [4.78, 5) is 6.33. The van der Waals surface area contributed by atoms with Gasteiger partial charge >= 0.3 is 0 Å². The van der Waals surface area contributed by atoms with Crippen LogP contribution in [0.5, 0.6) is 0 Å². The molecule has 1 fully saturated rings. The van der Waals surface area contributed by atoms with Gasteiger partial charge in [-0.3, -0.25) is 4.98 Å². The largest absolute Gasteiger partial charge is 0.371 e. The van der Waals surface area contributed by atoms with E-state index in [1.165, 1.54) is 11.9 Å². The predicted molar refractivity (Wildman–Crippen MR) is 72.0 cm³/mol. The summed E-state index contributed by atoms with van der Waals surface area (Å²) in [5, 5.41) is 0. The van der Waals surface area contributed by atoms with Gasteiger partial charge in [-0.2, -0.15) is 0 Å². The Hall–Kier alpha value is -1.14. The van der Waals surface area contributed by atoms with Crippen molar-refractivity contribution in [2.75, 3.05) is 30.8 Å². The van der Waals surface area contributed by atoms with Gasteiger partial charge in [-0.25, -0.2) is 13.1 Å². The predicted octanol–water partition coefficient (Wildman–Crippen LogP) is 0.847. The zero-order chi connectivity index (χ0) is 13.0. The number of nitrogens with zero attached hydrogens (tertiary/aromatic N) is 2. The molecule has 1 aromatic rings. The lowest BCUT2D eigenvalue weighted by Crippen LogP contribution is -2.38. The Labute approximate surface area is 108 Å². The highest BCUT2D eigenvalue weighted by Crippen LogP contribution is 2.22. The molecule has 5 nitrogen and oxygen atoms in total. The van der Waals surface area contributed by atoms with Crippen molar-refractivity contribution in [3.8, 4) is 0 Å². The van der Waals surface area contributed by atoms with Crippen LogP contribution in [0.1, 0.15) is 12.8 Å². The Bertz CT molecular complexity index is 467. The summed E-state index contributed by atoms with van der Waals surface area (Å²) in [6, 6.07) is 4.02. The van der Waals surface area contributed by atoms with Gasteiger partial charge < -0.3 is 4.90 Å². The number of anilines is 1. The standard InChI is InChI=1S/C12H19N3O2S/c1-18(16,17)14-10-11-4-8-15(9-5-11)12-2-6-13-7-3-12/h2-3,6-7,11,14H,4-5,8-10H2,1H3. The molecule has 2 heterocycles. The SMILES string of the molecule is CS(=O)(=O)NCC1CCN(c2ccncc2)CC1. The lowest BCUT2D eigenvalue weighted by Gasteiger charge is -2.33. The van der Waals surface area contributed by atoms with E-state index < -0.39 is 10.0 Å². The number of aromatic nitrogens is 1. The minimum absolute atomic E-state index is 0.442. The summed E-state index contributed by atoms with van der Waals surface area (Å²) in [6.07, 6.45) is 6.84. The van der Waals surface area contributed by atoms with Crippen LogP contribution in [0.15, 0.2) is 24.5 Å². The first kappa shape index (κ1) is 13.3. The Morgan fingerprint density at radius 1 is 1.33 bits per heavy atom. The summed E-state index contributed by atoms with van der Waals surface area (Å²) in [6.45, 7) is 2.50. The maximum absolute atomic E-state index is 11.0. The van der Waals surface area contributed by atoms with E-state index in [9.17, 15) is 8.42 Å². The molecule has 0 aromatic carbocycles. The van der Waals surface area contributed by atoms with E-state index >= 15 is 0 Å². The molecule has 1 saturated heterocycles. The monoisotopic (exact) mass is 269 g/mol. The van der Waals surface area contributed by atoms with E-state index in [2.05, 4.69) is 14.6 Å². The third-order valence-electron chi connectivity index (χ3n) is 3.28. The van der Waals surface area contributed by atoms with Crippen molar-refractivity contribution in [3.63, 3.8) is 0 Å². The number of sulfonamides is 1. The van der Waals surface area contributed by atoms with Gasteiger partial charge in [0.1, 0.15) is 0 Å². The molecule has 0 bridgehead atoms. The number of hydrogen-bond acceptors (Lipinski definition) is 4. The lowest BCUT2D eigenvalue weighted by molar-refractivity contribution is 0.402. The van der Waals surface area contributed by atoms with Gasteiger partial charge in [0.05, 0.1) is 6.26 Å². The number of pyridine rings is 1. The first-order chi connectivity index (χ1) is 8.54. The molecule has 0 aliphatic carbocycles. The van der Waals surface area contributed by atoms with Gasteiger partial charge in [-0.05, 0) is 30.9 Å². The van der Waals surface area contributed by atoms with E-state index in [0.29, 0.717) is 12.5 Å². The first-order valence-corrected chi connectivity index (χ1v) is 8.03. The van der Waals surface area contributed by atoms with Crippen molar-refractivity contribution in [1.29, 1.82) is 0 Å². The van der Waals surface area contributed by atoms with E-state index in [1.54, 1.807) is 12.4 Å². The van der Waals surface area contributed by atoms with Crippen molar-refractivity contribution >= 4 is 15.7 Å². The van der Waals surface area contributed by atoms with Crippen molar-refractivity contribution in [1.82, 2.24) is 9.71 Å². The van der Waals surface area contributed by atoms with E-state index in [-0.39, 0.29) is 0 Å². The average molecular weight is 269 g/mol. The molecule has 1 aliphatic heterocycles. The number of piperidine rings is 1. The summed E-state index contributed by atoms with van der Waals surface area (Å²) in [5.41, 5.74) is 1.19. The summed E-state index contributed by atoms with van der Waals surface area (Å²) < 4.78 is 24.7. The molecule has 0 saturated carbocycles. The second-order valence-corrected chi connectivity index (χ2v) is 6.59. The smallest absolute Gasteiger partial charge is 0.208 e. The third-order valence-corrected chi connectivity index (χ3v) is 3.97. The molecule has 1 N–H and O–H groups in total. The van der Waals surface area contributed by atoms with Crippen LogP contribution in [0.2, 0.25) is 0 Å². The highest BCUT2D eigenvalue weighted by atomic mass is 32.2. The minimum atomic E-state index is -3.06. The molecule has 0 spiro atoms. The molecular formula is C12H19N3O2S. The fourth-order valence-electron chi connectivity index (χ4n) is 2.22. The molecule has 0 unspecified atom stereocenters. The molecule has 1 aliphatic rings. The van der Waals surface area contributed by atoms with Crippen LogP contribution in [0, 0.1) is 5.92 Å². The van der Waals surface area contributed by atoms with Crippen LogP contribution < -0.4 is 9.62 Å². The third kappa shape index (κ3) is 3.96. The fraction of sp³-hybridized carbons (Fsp3) is 0.583. The maximum atomic E-state index is 11.0. The quantitative estimate of drug-likeness (QED) is 0.880.